The highest BCUT2D eigenvalue weighted by molar-refractivity contribution is 8.26. The number of nitrogens with one attached hydrogen (secondary N) is 1. The molecule has 32 heavy (non-hydrogen) atoms. The second-order valence-corrected chi connectivity index (χ2v) is 11.5. The number of hydrogen-bond donors (Lipinski definition) is 4. The monoisotopic (exact) mass is 481 g/mol. The number of anilines is 2. The molecule has 0 saturated heterocycles. The van der Waals surface area contributed by atoms with E-state index in [1.807, 2.05) is 0 Å². The van der Waals surface area contributed by atoms with Crippen molar-refractivity contribution in [2.75, 3.05) is 11.1 Å². The number of fused-ring (bicyclic) bond motifs is 1. The zero-order chi connectivity index (χ0) is 23.5. The van der Waals surface area contributed by atoms with E-state index in [4.69, 9.17) is 17.3 Å². The summed E-state index contributed by atoms with van der Waals surface area (Å²) in [4.78, 5) is 12.7. The zero-order valence-corrected chi connectivity index (χ0v) is 19.1. The third kappa shape index (κ3) is 3.66. The fourth-order valence-electron chi connectivity index (χ4n) is 3.62. The number of nitrogens with zero attached hydrogens (tertiary/aromatic N) is 3. The number of aromatic nitrogens is 2. The molecule has 0 spiro atoms. The Hall–Kier alpha value is -2.53. The number of pyridine rings is 2. The number of benzene rings is 1. The predicted molar refractivity (Wildman–Crippen MR) is 125 cm³/mol. The number of rotatable bonds is 3. The minimum absolute atomic E-state index is 0.0382. The van der Waals surface area contributed by atoms with Gasteiger partial charge in [-0.15, -0.1) is 0 Å². The molecule has 11 heteroatoms. The first kappa shape index (κ1) is 22.7. The Morgan fingerprint density at radius 2 is 1.81 bits per heavy atom. The van der Waals surface area contributed by atoms with E-state index in [1.54, 1.807) is 20.8 Å². The van der Waals surface area contributed by atoms with Crippen LogP contribution in [0.3, 0.4) is 0 Å². The summed E-state index contributed by atoms with van der Waals surface area (Å²) in [5.74, 6) is -1.06. The smallest absolute Gasteiger partial charge is 0.157 e. The molecule has 0 amide bonds. The Balaban J connectivity index is 1.78. The molecule has 2 aromatic heterocycles. The van der Waals surface area contributed by atoms with Gasteiger partial charge in [0.25, 0.3) is 0 Å². The fourth-order valence-corrected chi connectivity index (χ4v) is 5.52. The van der Waals surface area contributed by atoms with Crippen LogP contribution in [-0.2, 0) is 5.54 Å². The van der Waals surface area contributed by atoms with E-state index in [9.17, 15) is 17.9 Å². The normalized spacial score (nSPS) is 22.9. The summed E-state index contributed by atoms with van der Waals surface area (Å²) < 4.78 is 49.3. The predicted octanol–water partition coefficient (Wildman–Crippen LogP) is 5.42. The van der Waals surface area contributed by atoms with Gasteiger partial charge in [-0.2, -0.15) is 10.6 Å². The van der Waals surface area contributed by atoms with E-state index in [-0.39, 0.29) is 38.9 Å². The molecule has 0 bridgehead atoms. The summed E-state index contributed by atoms with van der Waals surface area (Å²) in [6.45, 7) is 4.79. The summed E-state index contributed by atoms with van der Waals surface area (Å²) >= 11 is 5.92. The molecular weight excluding hydrogens is 460 g/mol. The summed E-state index contributed by atoms with van der Waals surface area (Å²) in [7, 11) is -3.21. The first-order valence-corrected chi connectivity index (χ1v) is 11.7. The molecule has 3 aromatic rings. The van der Waals surface area contributed by atoms with Gasteiger partial charge in [0.2, 0.25) is 0 Å². The molecule has 1 aromatic carbocycles. The Morgan fingerprint density at radius 3 is 2.50 bits per heavy atom. The number of halogens is 3. The molecule has 7 nitrogen and oxygen atoms in total. The van der Waals surface area contributed by atoms with Crippen molar-refractivity contribution >= 4 is 50.4 Å². The van der Waals surface area contributed by atoms with E-state index in [0.717, 1.165) is 6.20 Å². The molecule has 0 saturated carbocycles. The van der Waals surface area contributed by atoms with Gasteiger partial charge in [0.1, 0.15) is 27.5 Å². The summed E-state index contributed by atoms with van der Waals surface area (Å²) in [6, 6.07) is 5.64. The van der Waals surface area contributed by atoms with E-state index in [2.05, 4.69) is 20.3 Å². The number of nitrogens with two attached hydrogens (primary N) is 1. The van der Waals surface area contributed by atoms with Gasteiger partial charge in [0.05, 0.1) is 17.0 Å². The molecule has 0 fully saturated rings. The highest BCUT2D eigenvalue weighted by Crippen LogP contribution is 2.59. The Bertz CT molecular complexity index is 1270. The molecule has 1 aliphatic heterocycles. The van der Waals surface area contributed by atoms with Gasteiger partial charge >= 0.3 is 0 Å². The first-order valence-electron chi connectivity index (χ1n) is 9.62. The second kappa shape index (κ2) is 7.51. The molecule has 0 aliphatic carbocycles. The lowest BCUT2D eigenvalue weighted by Crippen LogP contribution is -2.52. The van der Waals surface area contributed by atoms with E-state index < -0.39 is 32.5 Å². The van der Waals surface area contributed by atoms with Crippen molar-refractivity contribution in [3.05, 3.63) is 58.9 Å². The molecule has 4 rings (SSSR count). The molecule has 1 aliphatic rings. The fraction of sp³-hybridized carbons (Fsp3) is 0.286. The van der Waals surface area contributed by atoms with Crippen molar-refractivity contribution in [3.63, 3.8) is 0 Å². The third-order valence-corrected chi connectivity index (χ3v) is 8.75. The largest absolute Gasteiger partial charge is 0.386 e. The lowest BCUT2D eigenvalue weighted by Gasteiger charge is -2.53. The van der Waals surface area contributed by atoms with E-state index in [1.165, 1.54) is 30.5 Å². The Morgan fingerprint density at radius 1 is 1.09 bits per heavy atom. The van der Waals surface area contributed by atoms with Crippen molar-refractivity contribution in [1.29, 1.82) is 0 Å². The summed E-state index contributed by atoms with van der Waals surface area (Å²) in [6.07, 6.45) is 2.41. The first-order chi connectivity index (χ1) is 14.8. The maximum atomic E-state index is 14.9. The minimum atomic E-state index is -3.21. The maximum absolute atomic E-state index is 14.9. The molecule has 0 unspecified atom stereocenters. The van der Waals surface area contributed by atoms with E-state index in [0.29, 0.717) is 5.69 Å². The van der Waals surface area contributed by atoms with Crippen LogP contribution in [0.25, 0.3) is 10.9 Å². The average Bonchev–Trinajstić information content (AvgIpc) is 2.70. The van der Waals surface area contributed by atoms with Crippen LogP contribution in [0.4, 0.5) is 20.3 Å². The van der Waals surface area contributed by atoms with Crippen molar-refractivity contribution in [2.45, 2.75) is 31.1 Å². The number of hydrogen-bond acceptors (Lipinski definition) is 7. The van der Waals surface area contributed by atoms with Crippen molar-refractivity contribution in [1.82, 2.24) is 9.97 Å². The maximum Gasteiger partial charge on any atom is 0.157 e. The van der Waals surface area contributed by atoms with Gasteiger partial charge in [-0.3, -0.25) is 19.1 Å². The van der Waals surface area contributed by atoms with Crippen LogP contribution < -0.4 is 11.1 Å². The van der Waals surface area contributed by atoms with Gasteiger partial charge in [-0.1, -0.05) is 11.6 Å². The highest BCUT2D eigenvalue weighted by Gasteiger charge is 2.49. The molecule has 0 radical (unpaired) electrons. The lowest BCUT2D eigenvalue weighted by molar-refractivity contribution is 0.417. The summed E-state index contributed by atoms with van der Waals surface area (Å²) in [5, 5.41) is 3.48. The van der Waals surface area contributed by atoms with Crippen molar-refractivity contribution in [3.8, 4) is 0 Å². The van der Waals surface area contributed by atoms with E-state index >= 15 is 0 Å². The zero-order valence-electron chi connectivity index (χ0n) is 17.5. The van der Waals surface area contributed by atoms with Crippen LogP contribution >= 0.6 is 22.2 Å². The number of amidine groups is 1. The molecule has 170 valence electrons. The molecule has 5 N–H and O–H groups in total. The standard InChI is InChI=1S/C21H22ClF2N5O2S/c1-20(2)19(25)29-21(3,10-32(20,30)31)14-7-12(4-5-15(14)23)28-18-17-13(16(24)9-27-18)6-11(22)8-26-17/h4-9,30-31H,10H2,1-3H3,(H2,25,29)(H,27,28)/t21-/m0/s1. The van der Waals surface area contributed by atoms with Gasteiger partial charge in [-0.05, 0) is 45.0 Å². The van der Waals surface area contributed by atoms with Crippen LogP contribution in [0, 0.1) is 11.6 Å². The molecule has 1 atom stereocenters. The Labute approximate surface area is 190 Å². The van der Waals surface area contributed by atoms with Gasteiger partial charge < -0.3 is 11.1 Å². The molecule has 3 heterocycles. The Kier molecular flexibility index (Phi) is 5.32. The average molecular weight is 482 g/mol. The van der Waals surface area contributed by atoms with Gasteiger partial charge in [0.15, 0.2) is 11.6 Å². The van der Waals surface area contributed by atoms with Crippen LogP contribution in [0.5, 0.6) is 0 Å². The highest BCUT2D eigenvalue weighted by atomic mass is 35.5. The topological polar surface area (TPSA) is 117 Å². The van der Waals surface area contributed by atoms with Crippen molar-refractivity contribution in [2.24, 2.45) is 10.7 Å². The number of aliphatic imine (C=N–C) groups is 1. The van der Waals surface area contributed by atoms with Gasteiger partial charge in [0, 0.05) is 22.8 Å². The minimum Gasteiger partial charge on any atom is -0.386 e. The lowest BCUT2D eigenvalue weighted by atomic mass is 9.92. The van der Waals surface area contributed by atoms with Crippen LogP contribution in [0.2, 0.25) is 5.02 Å². The second-order valence-electron chi connectivity index (χ2n) is 8.42. The third-order valence-electron chi connectivity index (χ3n) is 5.74. The van der Waals surface area contributed by atoms with Crippen LogP contribution in [-0.4, -0.2) is 35.4 Å². The quantitative estimate of drug-likeness (QED) is 0.397. The van der Waals surface area contributed by atoms with Crippen LogP contribution in [0.15, 0.2) is 41.7 Å². The van der Waals surface area contributed by atoms with Crippen molar-refractivity contribution < 1.29 is 17.9 Å². The van der Waals surface area contributed by atoms with Gasteiger partial charge in [-0.25, -0.2) is 13.8 Å². The SMILES string of the molecule is CC1(C)C(N)=N[C@](C)(c2cc(Nc3ncc(F)c4cc(Cl)cnc34)ccc2F)CS1(O)O. The summed E-state index contributed by atoms with van der Waals surface area (Å²) in [5.41, 5.74) is 5.55. The van der Waals surface area contributed by atoms with Crippen LogP contribution in [0.1, 0.15) is 26.3 Å². The molecular formula is C21H22ClF2N5O2S.